The molecule has 0 fully saturated rings. The molecule has 0 saturated heterocycles. The van der Waals surface area contributed by atoms with Gasteiger partial charge in [0.15, 0.2) is 6.10 Å². The lowest BCUT2D eigenvalue weighted by Crippen LogP contribution is -2.30. The minimum Gasteiger partial charge on any atom is -0.494 e. The molecule has 0 saturated carbocycles. The highest BCUT2D eigenvalue weighted by molar-refractivity contribution is 5.28. The fraction of sp³-hybridized carbons (Fsp3) is 0.571. The molecule has 0 radical (unpaired) electrons. The largest absolute Gasteiger partial charge is 0.494 e. The zero-order valence-corrected chi connectivity index (χ0v) is 11.5. The van der Waals surface area contributed by atoms with Crippen molar-refractivity contribution in [2.75, 3.05) is 13.2 Å². The Morgan fingerprint density at radius 1 is 1.20 bits per heavy atom. The lowest BCUT2D eigenvalue weighted by atomic mass is 10.1. The third-order valence-corrected chi connectivity index (χ3v) is 2.70. The van der Waals surface area contributed by atoms with Crippen LogP contribution in [0.15, 0.2) is 24.3 Å². The molecular formula is C14H19F3O3. The monoisotopic (exact) mass is 292 g/mol. The van der Waals surface area contributed by atoms with Gasteiger partial charge in [0.2, 0.25) is 0 Å². The molecule has 0 spiro atoms. The number of halogens is 3. The van der Waals surface area contributed by atoms with Crippen LogP contribution in [0.2, 0.25) is 0 Å². The van der Waals surface area contributed by atoms with E-state index in [0.29, 0.717) is 17.9 Å². The van der Waals surface area contributed by atoms with E-state index >= 15 is 0 Å². The van der Waals surface area contributed by atoms with Crippen LogP contribution in [-0.4, -0.2) is 30.6 Å². The predicted molar refractivity (Wildman–Crippen MR) is 68.7 cm³/mol. The molecule has 0 aliphatic heterocycles. The first kappa shape index (κ1) is 16.8. The highest BCUT2D eigenvalue weighted by atomic mass is 19.4. The summed E-state index contributed by atoms with van der Waals surface area (Å²) in [6.45, 7) is 3.08. The lowest BCUT2D eigenvalue weighted by Gasteiger charge is -2.19. The van der Waals surface area contributed by atoms with E-state index in [4.69, 9.17) is 4.74 Å². The molecule has 1 rings (SSSR count). The summed E-state index contributed by atoms with van der Waals surface area (Å²) in [6.07, 6.45) is -6.53. The van der Waals surface area contributed by atoms with E-state index in [1.54, 1.807) is 24.3 Å². The van der Waals surface area contributed by atoms with E-state index in [1.165, 1.54) is 0 Å². The van der Waals surface area contributed by atoms with Gasteiger partial charge in [0.25, 0.3) is 0 Å². The molecule has 114 valence electrons. The average Bonchev–Trinajstić information content (AvgIpc) is 2.41. The molecule has 3 nitrogen and oxygen atoms in total. The molecule has 2 atom stereocenters. The van der Waals surface area contributed by atoms with Gasteiger partial charge in [-0.15, -0.1) is 0 Å². The van der Waals surface area contributed by atoms with Gasteiger partial charge in [-0.25, -0.2) is 0 Å². The minimum absolute atomic E-state index is 0.407. The van der Waals surface area contributed by atoms with E-state index in [-0.39, 0.29) is 0 Å². The molecule has 1 aromatic rings. The van der Waals surface area contributed by atoms with Crippen LogP contribution in [0, 0.1) is 0 Å². The van der Waals surface area contributed by atoms with Gasteiger partial charge in [-0.05, 0) is 31.0 Å². The number of aliphatic hydroxyl groups is 1. The van der Waals surface area contributed by atoms with Crippen molar-refractivity contribution in [2.45, 2.75) is 38.7 Å². The highest BCUT2D eigenvalue weighted by Crippen LogP contribution is 2.24. The summed E-state index contributed by atoms with van der Waals surface area (Å²) in [4.78, 5) is 0. The molecular weight excluding hydrogens is 273 g/mol. The Morgan fingerprint density at radius 2 is 1.80 bits per heavy atom. The molecule has 2 unspecified atom stereocenters. The second-order valence-corrected chi connectivity index (χ2v) is 4.45. The van der Waals surface area contributed by atoms with Crippen molar-refractivity contribution in [2.24, 2.45) is 0 Å². The number of hydrogen-bond acceptors (Lipinski definition) is 3. The van der Waals surface area contributed by atoms with E-state index in [2.05, 4.69) is 4.74 Å². The van der Waals surface area contributed by atoms with Gasteiger partial charge in [0.05, 0.1) is 13.2 Å². The predicted octanol–water partition coefficient (Wildman–Crippen LogP) is 3.48. The molecule has 0 aliphatic rings. The Hall–Kier alpha value is -1.27. The standard InChI is InChI=1S/C14H19F3O3/c1-3-8-19-12-6-4-11(5-7-12)13(18)9-20-10(2)14(15,16)17/h4-7,10,13,18H,3,8-9H2,1-2H3. The maximum atomic E-state index is 12.3. The number of benzene rings is 1. The topological polar surface area (TPSA) is 38.7 Å². The second-order valence-electron chi connectivity index (χ2n) is 4.45. The fourth-order valence-electron chi connectivity index (χ4n) is 1.43. The third kappa shape index (κ3) is 5.38. The van der Waals surface area contributed by atoms with Gasteiger partial charge in [0, 0.05) is 0 Å². The van der Waals surface area contributed by atoms with Gasteiger partial charge >= 0.3 is 6.18 Å². The minimum atomic E-state index is -4.42. The molecule has 0 aliphatic carbocycles. The first-order valence-electron chi connectivity index (χ1n) is 6.43. The summed E-state index contributed by atoms with van der Waals surface area (Å²) in [5.41, 5.74) is 0.489. The van der Waals surface area contributed by atoms with Crippen LogP contribution in [0.3, 0.4) is 0 Å². The van der Waals surface area contributed by atoms with Crippen LogP contribution >= 0.6 is 0 Å². The van der Waals surface area contributed by atoms with Crippen molar-refractivity contribution in [3.8, 4) is 5.75 Å². The van der Waals surface area contributed by atoms with E-state index in [0.717, 1.165) is 13.3 Å². The number of aliphatic hydroxyl groups excluding tert-OH is 1. The lowest BCUT2D eigenvalue weighted by molar-refractivity contribution is -0.219. The van der Waals surface area contributed by atoms with Gasteiger partial charge < -0.3 is 14.6 Å². The van der Waals surface area contributed by atoms with Gasteiger partial charge in [0.1, 0.15) is 11.9 Å². The Kier molecular flexibility index (Phi) is 6.29. The van der Waals surface area contributed by atoms with Gasteiger partial charge in [-0.3, -0.25) is 0 Å². The smallest absolute Gasteiger partial charge is 0.414 e. The summed E-state index contributed by atoms with van der Waals surface area (Å²) in [7, 11) is 0. The fourth-order valence-corrected chi connectivity index (χ4v) is 1.43. The number of hydrogen-bond donors (Lipinski definition) is 1. The number of rotatable bonds is 7. The molecule has 6 heteroatoms. The summed E-state index contributed by atoms with van der Waals surface area (Å²) in [5, 5.41) is 9.77. The number of ether oxygens (including phenoxy) is 2. The van der Waals surface area contributed by atoms with E-state index < -0.39 is 25.0 Å². The molecule has 0 amide bonds. The van der Waals surface area contributed by atoms with Crippen LogP contribution < -0.4 is 4.74 Å². The summed E-state index contributed by atoms with van der Waals surface area (Å²) >= 11 is 0. The van der Waals surface area contributed by atoms with Crippen molar-refractivity contribution in [1.82, 2.24) is 0 Å². The SMILES string of the molecule is CCCOc1ccc(C(O)COC(C)C(F)(F)F)cc1. The highest BCUT2D eigenvalue weighted by Gasteiger charge is 2.37. The molecule has 1 N–H and O–H groups in total. The molecule has 20 heavy (non-hydrogen) atoms. The molecule has 0 bridgehead atoms. The summed E-state index contributed by atoms with van der Waals surface area (Å²) in [6, 6.07) is 6.55. The molecule has 1 aromatic carbocycles. The zero-order chi connectivity index (χ0) is 15.2. The Balaban J connectivity index is 2.49. The molecule has 0 heterocycles. The van der Waals surface area contributed by atoms with E-state index in [1.807, 2.05) is 6.92 Å². The first-order valence-corrected chi connectivity index (χ1v) is 6.43. The van der Waals surface area contributed by atoms with Crippen LogP contribution in [0.4, 0.5) is 13.2 Å². The van der Waals surface area contributed by atoms with E-state index in [9.17, 15) is 18.3 Å². The first-order chi connectivity index (χ1) is 9.34. The van der Waals surface area contributed by atoms with Crippen LogP contribution in [-0.2, 0) is 4.74 Å². The van der Waals surface area contributed by atoms with Crippen LogP contribution in [0.1, 0.15) is 31.9 Å². The Labute approximate surface area is 116 Å². The van der Waals surface area contributed by atoms with Crippen molar-refractivity contribution in [3.63, 3.8) is 0 Å². The van der Waals surface area contributed by atoms with Gasteiger partial charge in [-0.2, -0.15) is 13.2 Å². The second kappa shape index (κ2) is 7.50. The Bertz CT molecular complexity index is 390. The summed E-state index contributed by atoms with van der Waals surface area (Å²) in [5.74, 6) is 0.660. The Morgan fingerprint density at radius 3 is 2.30 bits per heavy atom. The van der Waals surface area contributed by atoms with Crippen molar-refractivity contribution >= 4 is 0 Å². The van der Waals surface area contributed by atoms with Crippen molar-refractivity contribution < 1.29 is 27.8 Å². The van der Waals surface area contributed by atoms with Crippen LogP contribution in [0.5, 0.6) is 5.75 Å². The maximum absolute atomic E-state index is 12.3. The maximum Gasteiger partial charge on any atom is 0.414 e. The quantitative estimate of drug-likeness (QED) is 0.836. The van der Waals surface area contributed by atoms with Crippen LogP contribution in [0.25, 0.3) is 0 Å². The van der Waals surface area contributed by atoms with Crippen molar-refractivity contribution in [3.05, 3.63) is 29.8 Å². The average molecular weight is 292 g/mol. The van der Waals surface area contributed by atoms with Crippen molar-refractivity contribution in [1.29, 1.82) is 0 Å². The zero-order valence-electron chi connectivity index (χ0n) is 11.5. The molecule has 0 aromatic heterocycles. The summed E-state index contributed by atoms with van der Waals surface area (Å²) < 4.78 is 46.7. The normalized spacial score (nSPS) is 14.9. The third-order valence-electron chi connectivity index (χ3n) is 2.70. The van der Waals surface area contributed by atoms with Gasteiger partial charge in [-0.1, -0.05) is 19.1 Å². The number of alkyl halides is 3.